The summed E-state index contributed by atoms with van der Waals surface area (Å²) in [6, 6.07) is 10.1. The quantitative estimate of drug-likeness (QED) is 0.839. The first kappa shape index (κ1) is 13.9. The van der Waals surface area contributed by atoms with Gasteiger partial charge in [0.05, 0.1) is 6.61 Å². The van der Waals surface area contributed by atoms with E-state index in [-0.39, 0.29) is 0 Å². The zero-order valence-electron chi connectivity index (χ0n) is 12.7. The molecular weight excluding hydrogens is 248 g/mol. The van der Waals surface area contributed by atoms with Gasteiger partial charge in [0.1, 0.15) is 5.75 Å². The SMILES string of the molecule is CCOc1ccc(CN2C[C@H]3CCCN3C[C@@H]2C)cc1. The van der Waals surface area contributed by atoms with Crippen molar-refractivity contribution in [1.82, 2.24) is 9.80 Å². The second-order valence-corrected chi connectivity index (χ2v) is 6.15. The zero-order valence-corrected chi connectivity index (χ0v) is 12.7. The average molecular weight is 274 g/mol. The summed E-state index contributed by atoms with van der Waals surface area (Å²) in [5.41, 5.74) is 1.40. The third-order valence-corrected chi connectivity index (χ3v) is 4.69. The molecule has 2 aliphatic rings. The van der Waals surface area contributed by atoms with Crippen molar-refractivity contribution in [3.63, 3.8) is 0 Å². The molecule has 3 nitrogen and oxygen atoms in total. The molecule has 0 bridgehead atoms. The molecule has 2 atom stereocenters. The summed E-state index contributed by atoms with van der Waals surface area (Å²) >= 11 is 0. The summed E-state index contributed by atoms with van der Waals surface area (Å²) in [7, 11) is 0. The van der Waals surface area contributed by atoms with Gasteiger partial charge in [0, 0.05) is 31.7 Å². The summed E-state index contributed by atoms with van der Waals surface area (Å²) in [5.74, 6) is 0.977. The smallest absolute Gasteiger partial charge is 0.119 e. The second kappa shape index (κ2) is 6.15. The third-order valence-electron chi connectivity index (χ3n) is 4.69. The fourth-order valence-electron chi connectivity index (χ4n) is 3.56. The molecule has 2 heterocycles. The molecule has 1 aromatic carbocycles. The van der Waals surface area contributed by atoms with E-state index < -0.39 is 0 Å². The molecule has 0 unspecified atom stereocenters. The third kappa shape index (κ3) is 2.99. The molecule has 2 fully saturated rings. The number of ether oxygens (including phenoxy) is 1. The van der Waals surface area contributed by atoms with Gasteiger partial charge < -0.3 is 4.74 Å². The number of fused-ring (bicyclic) bond motifs is 1. The average Bonchev–Trinajstić information content (AvgIpc) is 2.89. The van der Waals surface area contributed by atoms with Gasteiger partial charge >= 0.3 is 0 Å². The minimum Gasteiger partial charge on any atom is -0.494 e. The highest BCUT2D eigenvalue weighted by molar-refractivity contribution is 5.27. The summed E-state index contributed by atoms with van der Waals surface area (Å²) < 4.78 is 5.51. The molecule has 1 aromatic rings. The Balaban J connectivity index is 1.61. The van der Waals surface area contributed by atoms with Gasteiger partial charge in [-0.3, -0.25) is 9.80 Å². The molecule has 20 heavy (non-hydrogen) atoms. The van der Waals surface area contributed by atoms with E-state index in [2.05, 4.69) is 41.0 Å². The van der Waals surface area contributed by atoms with Crippen molar-refractivity contribution in [2.24, 2.45) is 0 Å². The highest BCUT2D eigenvalue weighted by Gasteiger charge is 2.34. The lowest BCUT2D eigenvalue weighted by Crippen LogP contribution is -2.54. The molecule has 0 aromatic heterocycles. The standard InChI is InChI=1S/C17H26N2O/c1-3-20-17-8-6-15(7-9-17)12-19-13-16-5-4-10-18(16)11-14(19)2/h6-9,14,16H,3-5,10-13H2,1-2H3/t14-,16+/m0/s1. The lowest BCUT2D eigenvalue weighted by atomic mass is 10.1. The van der Waals surface area contributed by atoms with Crippen LogP contribution in [0.1, 0.15) is 32.3 Å². The summed E-state index contributed by atoms with van der Waals surface area (Å²) in [5, 5.41) is 0. The molecule has 3 rings (SSSR count). The lowest BCUT2D eigenvalue weighted by molar-refractivity contribution is 0.0540. The van der Waals surface area contributed by atoms with E-state index >= 15 is 0 Å². The Morgan fingerprint density at radius 3 is 2.75 bits per heavy atom. The lowest BCUT2D eigenvalue weighted by Gasteiger charge is -2.42. The predicted molar refractivity (Wildman–Crippen MR) is 82.1 cm³/mol. The van der Waals surface area contributed by atoms with Crippen LogP contribution in [0, 0.1) is 0 Å². The first-order chi connectivity index (χ1) is 9.76. The van der Waals surface area contributed by atoms with Crippen LogP contribution < -0.4 is 4.74 Å². The number of hydrogen-bond acceptors (Lipinski definition) is 3. The summed E-state index contributed by atoms with van der Waals surface area (Å²) in [4.78, 5) is 5.32. The highest BCUT2D eigenvalue weighted by Crippen LogP contribution is 2.26. The maximum atomic E-state index is 5.51. The van der Waals surface area contributed by atoms with Gasteiger partial charge in [-0.2, -0.15) is 0 Å². The van der Waals surface area contributed by atoms with Crippen molar-refractivity contribution in [3.8, 4) is 5.75 Å². The van der Waals surface area contributed by atoms with E-state index in [1.807, 2.05) is 6.92 Å². The number of hydrogen-bond donors (Lipinski definition) is 0. The Labute approximate surface area is 122 Å². The van der Waals surface area contributed by atoms with Crippen LogP contribution in [0.25, 0.3) is 0 Å². The van der Waals surface area contributed by atoms with Crippen LogP contribution in [-0.4, -0.2) is 48.1 Å². The number of nitrogens with zero attached hydrogens (tertiary/aromatic N) is 2. The molecule has 0 N–H and O–H groups in total. The Morgan fingerprint density at radius 2 is 2.00 bits per heavy atom. The van der Waals surface area contributed by atoms with Crippen LogP contribution in [0.5, 0.6) is 5.75 Å². The highest BCUT2D eigenvalue weighted by atomic mass is 16.5. The zero-order chi connectivity index (χ0) is 13.9. The van der Waals surface area contributed by atoms with E-state index in [9.17, 15) is 0 Å². The Hall–Kier alpha value is -1.06. The normalized spacial score (nSPS) is 27.5. The Kier molecular flexibility index (Phi) is 4.27. The van der Waals surface area contributed by atoms with Gasteiger partial charge in [0.15, 0.2) is 0 Å². The van der Waals surface area contributed by atoms with Gasteiger partial charge in [-0.05, 0) is 50.9 Å². The predicted octanol–water partition coefficient (Wildman–Crippen LogP) is 2.75. The fourth-order valence-corrected chi connectivity index (χ4v) is 3.56. The van der Waals surface area contributed by atoms with Crippen molar-refractivity contribution in [1.29, 1.82) is 0 Å². The van der Waals surface area contributed by atoms with Gasteiger partial charge in [-0.25, -0.2) is 0 Å². The van der Waals surface area contributed by atoms with Crippen molar-refractivity contribution < 1.29 is 4.74 Å². The second-order valence-electron chi connectivity index (χ2n) is 6.15. The van der Waals surface area contributed by atoms with E-state index in [4.69, 9.17) is 4.74 Å². The Bertz CT molecular complexity index is 431. The monoisotopic (exact) mass is 274 g/mol. The molecular formula is C17H26N2O. The Morgan fingerprint density at radius 1 is 1.20 bits per heavy atom. The number of piperazine rings is 1. The van der Waals surface area contributed by atoms with Gasteiger partial charge in [-0.1, -0.05) is 12.1 Å². The van der Waals surface area contributed by atoms with Crippen molar-refractivity contribution in [2.45, 2.75) is 45.3 Å². The minimum atomic E-state index is 0.663. The summed E-state index contributed by atoms with van der Waals surface area (Å²) in [6.45, 7) is 9.97. The van der Waals surface area contributed by atoms with Gasteiger partial charge in [-0.15, -0.1) is 0 Å². The molecule has 2 saturated heterocycles. The molecule has 0 spiro atoms. The molecule has 2 aliphatic heterocycles. The fraction of sp³-hybridized carbons (Fsp3) is 0.647. The van der Waals surface area contributed by atoms with E-state index in [0.29, 0.717) is 6.04 Å². The molecule has 0 radical (unpaired) electrons. The molecule has 0 amide bonds. The van der Waals surface area contributed by atoms with Crippen LogP contribution in [0.4, 0.5) is 0 Å². The van der Waals surface area contributed by atoms with Crippen LogP contribution in [0.3, 0.4) is 0 Å². The van der Waals surface area contributed by atoms with Gasteiger partial charge in [0.25, 0.3) is 0 Å². The first-order valence-electron chi connectivity index (χ1n) is 7.96. The first-order valence-corrected chi connectivity index (χ1v) is 7.96. The topological polar surface area (TPSA) is 15.7 Å². The van der Waals surface area contributed by atoms with Crippen molar-refractivity contribution >= 4 is 0 Å². The van der Waals surface area contributed by atoms with Crippen LogP contribution in [-0.2, 0) is 6.54 Å². The minimum absolute atomic E-state index is 0.663. The van der Waals surface area contributed by atoms with Gasteiger partial charge in [0.2, 0.25) is 0 Å². The number of rotatable bonds is 4. The molecule has 0 aliphatic carbocycles. The largest absolute Gasteiger partial charge is 0.494 e. The molecule has 0 saturated carbocycles. The number of benzene rings is 1. The maximum absolute atomic E-state index is 5.51. The van der Waals surface area contributed by atoms with E-state index in [0.717, 1.165) is 24.9 Å². The van der Waals surface area contributed by atoms with Crippen LogP contribution in [0.2, 0.25) is 0 Å². The van der Waals surface area contributed by atoms with Crippen LogP contribution >= 0.6 is 0 Å². The summed E-state index contributed by atoms with van der Waals surface area (Å²) in [6.07, 6.45) is 2.76. The van der Waals surface area contributed by atoms with Crippen molar-refractivity contribution in [3.05, 3.63) is 29.8 Å². The molecule has 3 heteroatoms. The van der Waals surface area contributed by atoms with Crippen LogP contribution in [0.15, 0.2) is 24.3 Å². The van der Waals surface area contributed by atoms with E-state index in [1.54, 1.807) is 0 Å². The molecule has 110 valence electrons. The van der Waals surface area contributed by atoms with Crippen molar-refractivity contribution in [2.75, 3.05) is 26.2 Å². The maximum Gasteiger partial charge on any atom is 0.119 e. The van der Waals surface area contributed by atoms with E-state index in [1.165, 1.54) is 38.0 Å².